The third-order valence-electron chi connectivity index (χ3n) is 4.19. The zero-order valence-corrected chi connectivity index (χ0v) is 15.7. The summed E-state index contributed by atoms with van der Waals surface area (Å²) in [4.78, 5) is 19.0. The fourth-order valence-electron chi connectivity index (χ4n) is 2.64. The summed E-state index contributed by atoms with van der Waals surface area (Å²) in [6.45, 7) is 7.65. The van der Waals surface area contributed by atoms with Crippen LogP contribution in [0.2, 0.25) is 0 Å². The number of aryl methyl sites for hydroxylation is 1. The predicted molar refractivity (Wildman–Crippen MR) is 97.9 cm³/mol. The molecule has 1 amide bonds. The van der Waals surface area contributed by atoms with Crippen molar-refractivity contribution in [1.82, 2.24) is 14.7 Å². The molecule has 0 fully saturated rings. The molecule has 0 N–H and O–H groups in total. The van der Waals surface area contributed by atoms with Gasteiger partial charge in [0.15, 0.2) is 0 Å². The van der Waals surface area contributed by atoms with Crippen molar-refractivity contribution in [2.75, 3.05) is 54.4 Å². The van der Waals surface area contributed by atoms with Gasteiger partial charge >= 0.3 is 0 Å². The van der Waals surface area contributed by atoms with Crippen LogP contribution >= 0.6 is 0 Å². The summed E-state index contributed by atoms with van der Waals surface area (Å²) in [5.41, 5.74) is 2.54. The summed E-state index contributed by atoms with van der Waals surface area (Å²) in [6, 6.07) is 8.36. The lowest BCUT2D eigenvalue weighted by Gasteiger charge is -2.27. The fraction of sp³-hybridized carbons (Fsp3) is 0.632. The maximum atomic E-state index is 12.8. The first kappa shape index (κ1) is 19.7. The minimum Gasteiger partial charge on any atom is -0.340 e. The standard InChI is InChI=1S/C19H33N3O/c1-16-9-7-8-10-18(16)17(2)15-19(23)22(13-11-20(3)4)14-12-21(5)6/h7-10,17H,11-15H2,1-6H3. The number of benzene rings is 1. The van der Waals surface area contributed by atoms with Gasteiger partial charge in [0, 0.05) is 32.6 Å². The molecule has 0 bridgehead atoms. The lowest BCUT2D eigenvalue weighted by molar-refractivity contribution is -0.131. The van der Waals surface area contributed by atoms with Gasteiger partial charge in [0.1, 0.15) is 0 Å². The minimum absolute atomic E-state index is 0.254. The van der Waals surface area contributed by atoms with Gasteiger partial charge in [0.05, 0.1) is 0 Å². The normalized spacial score (nSPS) is 12.7. The van der Waals surface area contributed by atoms with E-state index in [0.717, 1.165) is 26.2 Å². The molecule has 1 unspecified atom stereocenters. The second-order valence-electron chi connectivity index (χ2n) is 6.95. The molecule has 4 heteroatoms. The van der Waals surface area contributed by atoms with E-state index in [1.54, 1.807) is 0 Å². The Morgan fingerprint density at radius 3 is 1.96 bits per heavy atom. The van der Waals surface area contributed by atoms with E-state index in [0.29, 0.717) is 6.42 Å². The van der Waals surface area contributed by atoms with Gasteiger partial charge in [-0.05, 0) is 52.2 Å². The molecule has 0 spiro atoms. The first-order chi connectivity index (χ1) is 10.8. The van der Waals surface area contributed by atoms with Crippen LogP contribution in [0, 0.1) is 6.92 Å². The molecule has 1 aromatic rings. The Morgan fingerprint density at radius 1 is 0.957 bits per heavy atom. The van der Waals surface area contributed by atoms with Crippen LogP contribution in [-0.2, 0) is 4.79 Å². The van der Waals surface area contributed by atoms with Crippen LogP contribution in [0.25, 0.3) is 0 Å². The molecule has 0 aliphatic rings. The largest absolute Gasteiger partial charge is 0.340 e. The van der Waals surface area contributed by atoms with Crippen molar-refractivity contribution in [3.8, 4) is 0 Å². The second-order valence-corrected chi connectivity index (χ2v) is 6.95. The molecule has 1 atom stereocenters. The molecule has 0 aliphatic heterocycles. The van der Waals surface area contributed by atoms with Crippen molar-refractivity contribution in [2.24, 2.45) is 0 Å². The van der Waals surface area contributed by atoms with Gasteiger partial charge in [-0.15, -0.1) is 0 Å². The van der Waals surface area contributed by atoms with E-state index >= 15 is 0 Å². The van der Waals surface area contributed by atoms with E-state index in [1.807, 2.05) is 39.2 Å². The van der Waals surface area contributed by atoms with Crippen molar-refractivity contribution in [2.45, 2.75) is 26.2 Å². The van der Waals surface area contributed by atoms with E-state index in [-0.39, 0.29) is 11.8 Å². The summed E-state index contributed by atoms with van der Waals surface area (Å²) in [6.07, 6.45) is 0.575. The second kappa shape index (κ2) is 9.68. The zero-order chi connectivity index (χ0) is 17.4. The Labute approximate surface area is 142 Å². The highest BCUT2D eigenvalue weighted by Crippen LogP contribution is 2.23. The number of carbonyl (C=O) groups is 1. The number of nitrogens with zero attached hydrogens (tertiary/aromatic N) is 3. The number of carbonyl (C=O) groups excluding carboxylic acids is 1. The SMILES string of the molecule is Cc1ccccc1C(C)CC(=O)N(CCN(C)C)CCN(C)C. The smallest absolute Gasteiger partial charge is 0.223 e. The van der Waals surface area contributed by atoms with Crippen LogP contribution in [0.15, 0.2) is 24.3 Å². The Kier molecular flexibility index (Phi) is 8.28. The molecule has 1 aromatic carbocycles. The van der Waals surface area contributed by atoms with Gasteiger partial charge in [-0.25, -0.2) is 0 Å². The van der Waals surface area contributed by atoms with Crippen LogP contribution in [0.5, 0.6) is 0 Å². The lowest BCUT2D eigenvalue weighted by atomic mass is 9.93. The summed E-state index contributed by atoms with van der Waals surface area (Å²) >= 11 is 0. The van der Waals surface area contributed by atoms with Crippen LogP contribution in [-0.4, -0.2) is 75.0 Å². The molecule has 0 heterocycles. The molecule has 0 saturated carbocycles. The van der Waals surface area contributed by atoms with Crippen LogP contribution in [0.3, 0.4) is 0 Å². The number of hydrogen-bond acceptors (Lipinski definition) is 3. The summed E-state index contributed by atoms with van der Waals surface area (Å²) in [5, 5.41) is 0. The van der Waals surface area contributed by atoms with Gasteiger partial charge in [-0.2, -0.15) is 0 Å². The van der Waals surface area contributed by atoms with E-state index in [9.17, 15) is 4.79 Å². The third kappa shape index (κ3) is 7.14. The van der Waals surface area contributed by atoms with E-state index in [4.69, 9.17) is 0 Å². The van der Waals surface area contributed by atoms with E-state index < -0.39 is 0 Å². The molecule has 0 aromatic heterocycles. The summed E-state index contributed by atoms with van der Waals surface area (Å²) in [5.74, 6) is 0.509. The van der Waals surface area contributed by atoms with Gasteiger partial charge < -0.3 is 14.7 Å². The number of likely N-dealkylation sites (N-methyl/N-ethyl adjacent to an activating group) is 2. The highest BCUT2D eigenvalue weighted by molar-refractivity contribution is 5.77. The van der Waals surface area contributed by atoms with Crippen LogP contribution in [0.4, 0.5) is 0 Å². The van der Waals surface area contributed by atoms with Crippen molar-refractivity contribution < 1.29 is 4.79 Å². The zero-order valence-electron chi connectivity index (χ0n) is 15.7. The maximum absolute atomic E-state index is 12.8. The average molecular weight is 319 g/mol. The van der Waals surface area contributed by atoms with Crippen LogP contribution in [0.1, 0.15) is 30.4 Å². The molecule has 0 aliphatic carbocycles. The number of hydrogen-bond donors (Lipinski definition) is 0. The first-order valence-corrected chi connectivity index (χ1v) is 8.44. The summed E-state index contributed by atoms with van der Waals surface area (Å²) < 4.78 is 0. The van der Waals surface area contributed by atoms with Gasteiger partial charge in [0.25, 0.3) is 0 Å². The molecule has 23 heavy (non-hydrogen) atoms. The van der Waals surface area contributed by atoms with Crippen molar-refractivity contribution in [3.63, 3.8) is 0 Å². The van der Waals surface area contributed by atoms with Crippen molar-refractivity contribution in [1.29, 1.82) is 0 Å². The fourth-order valence-corrected chi connectivity index (χ4v) is 2.64. The topological polar surface area (TPSA) is 26.8 Å². The molecular formula is C19H33N3O. The third-order valence-corrected chi connectivity index (χ3v) is 4.19. The van der Waals surface area contributed by atoms with E-state index in [1.165, 1.54) is 11.1 Å². The van der Waals surface area contributed by atoms with Crippen molar-refractivity contribution >= 4 is 5.91 Å². The Hall–Kier alpha value is -1.39. The first-order valence-electron chi connectivity index (χ1n) is 8.44. The number of amides is 1. The van der Waals surface area contributed by atoms with Crippen molar-refractivity contribution in [3.05, 3.63) is 35.4 Å². The maximum Gasteiger partial charge on any atom is 0.223 e. The quantitative estimate of drug-likeness (QED) is 0.699. The van der Waals surface area contributed by atoms with Gasteiger partial charge in [-0.1, -0.05) is 31.2 Å². The monoisotopic (exact) mass is 319 g/mol. The van der Waals surface area contributed by atoms with Gasteiger partial charge in [0.2, 0.25) is 5.91 Å². The summed E-state index contributed by atoms with van der Waals surface area (Å²) in [7, 11) is 8.18. The molecule has 0 radical (unpaired) electrons. The minimum atomic E-state index is 0.254. The lowest BCUT2D eigenvalue weighted by Crippen LogP contribution is -2.40. The average Bonchev–Trinajstić information content (AvgIpc) is 2.46. The van der Waals surface area contributed by atoms with E-state index in [2.05, 4.69) is 41.8 Å². The molecule has 0 saturated heterocycles. The molecule has 1 rings (SSSR count). The Bertz CT molecular complexity index is 473. The highest BCUT2D eigenvalue weighted by Gasteiger charge is 2.18. The Balaban J connectivity index is 2.69. The van der Waals surface area contributed by atoms with Gasteiger partial charge in [-0.3, -0.25) is 4.79 Å². The molecular weight excluding hydrogens is 286 g/mol. The molecule has 4 nitrogen and oxygen atoms in total. The highest BCUT2D eigenvalue weighted by atomic mass is 16.2. The Morgan fingerprint density at radius 2 is 1.48 bits per heavy atom. The predicted octanol–water partition coefficient (Wildman–Crippen LogP) is 2.44. The molecule has 130 valence electrons. The van der Waals surface area contributed by atoms with Crippen LogP contribution < -0.4 is 0 Å². The number of rotatable bonds is 9.